The molecule has 0 heterocycles. The quantitative estimate of drug-likeness (QED) is 0.390. The Morgan fingerprint density at radius 3 is 1.25 bits per heavy atom. The van der Waals surface area contributed by atoms with Crippen LogP contribution in [0.4, 0.5) is 0 Å². The molecule has 0 saturated carbocycles. The summed E-state index contributed by atoms with van der Waals surface area (Å²) in [6.07, 6.45) is -3.33. The molecule has 0 aliphatic rings. The summed E-state index contributed by atoms with van der Waals surface area (Å²) in [4.78, 5) is 0. The first-order chi connectivity index (χ1) is 7.43. The first-order valence-electron chi connectivity index (χ1n) is 5.31. The van der Waals surface area contributed by atoms with Crippen molar-refractivity contribution in [3.63, 3.8) is 0 Å². The van der Waals surface area contributed by atoms with Gasteiger partial charge in [-0.25, -0.2) is 0 Å². The number of aliphatic hydroxyl groups is 4. The van der Waals surface area contributed by atoms with Crippen molar-refractivity contribution in [3.05, 3.63) is 0 Å². The molecule has 98 valence electrons. The van der Waals surface area contributed by atoms with E-state index in [1.165, 1.54) is 0 Å². The number of aliphatic hydroxyl groups excluding tert-OH is 4. The SMILES string of the molecule is CC(O)COCC(O)C(O)COCC(C)O. The van der Waals surface area contributed by atoms with Crippen LogP contribution in [0.5, 0.6) is 0 Å². The van der Waals surface area contributed by atoms with Gasteiger partial charge in [0.25, 0.3) is 0 Å². The Morgan fingerprint density at radius 2 is 1.00 bits per heavy atom. The van der Waals surface area contributed by atoms with E-state index < -0.39 is 24.4 Å². The lowest BCUT2D eigenvalue weighted by Crippen LogP contribution is -2.35. The fourth-order valence-corrected chi connectivity index (χ4v) is 0.941. The Kier molecular flexibility index (Phi) is 8.73. The van der Waals surface area contributed by atoms with Crippen LogP contribution in [-0.4, -0.2) is 71.3 Å². The highest BCUT2D eigenvalue weighted by Gasteiger charge is 2.17. The average Bonchev–Trinajstić information content (AvgIpc) is 2.16. The monoisotopic (exact) mass is 238 g/mol. The van der Waals surface area contributed by atoms with Crippen LogP contribution in [0.3, 0.4) is 0 Å². The van der Waals surface area contributed by atoms with E-state index in [0.29, 0.717) is 0 Å². The van der Waals surface area contributed by atoms with Crippen molar-refractivity contribution in [3.8, 4) is 0 Å². The molecule has 0 aromatic carbocycles. The summed E-state index contributed by atoms with van der Waals surface area (Å²) >= 11 is 0. The van der Waals surface area contributed by atoms with Crippen LogP contribution in [0.2, 0.25) is 0 Å². The Morgan fingerprint density at radius 1 is 0.688 bits per heavy atom. The molecule has 0 spiro atoms. The van der Waals surface area contributed by atoms with Gasteiger partial charge in [-0.15, -0.1) is 0 Å². The van der Waals surface area contributed by atoms with Crippen molar-refractivity contribution in [1.82, 2.24) is 0 Å². The Bertz CT molecular complexity index is 143. The number of hydrogen-bond donors (Lipinski definition) is 4. The van der Waals surface area contributed by atoms with Crippen molar-refractivity contribution in [2.24, 2.45) is 0 Å². The smallest absolute Gasteiger partial charge is 0.105 e. The zero-order valence-corrected chi connectivity index (χ0v) is 9.74. The van der Waals surface area contributed by atoms with Gasteiger partial charge in [0.1, 0.15) is 12.2 Å². The van der Waals surface area contributed by atoms with Gasteiger partial charge in [-0.2, -0.15) is 0 Å². The lowest BCUT2D eigenvalue weighted by Gasteiger charge is -2.18. The van der Waals surface area contributed by atoms with Gasteiger partial charge < -0.3 is 29.9 Å². The van der Waals surface area contributed by atoms with Crippen molar-refractivity contribution in [2.45, 2.75) is 38.3 Å². The third-order valence-corrected chi connectivity index (χ3v) is 1.74. The molecule has 6 heteroatoms. The zero-order chi connectivity index (χ0) is 12.6. The van der Waals surface area contributed by atoms with Crippen molar-refractivity contribution >= 4 is 0 Å². The van der Waals surface area contributed by atoms with Crippen LogP contribution >= 0.6 is 0 Å². The highest BCUT2D eigenvalue weighted by atomic mass is 16.5. The van der Waals surface area contributed by atoms with Crippen LogP contribution in [-0.2, 0) is 9.47 Å². The van der Waals surface area contributed by atoms with Gasteiger partial charge in [0.15, 0.2) is 0 Å². The summed E-state index contributed by atoms with van der Waals surface area (Å²) < 4.78 is 9.88. The van der Waals surface area contributed by atoms with Gasteiger partial charge in [-0.1, -0.05) is 0 Å². The number of rotatable bonds is 9. The van der Waals surface area contributed by atoms with Crippen LogP contribution in [0.15, 0.2) is 0 Å². The minimum atomic E-state index is -1.06. The standard InChI is InChI=1S/C10H22O6/c1-7(11)3-15-5-9(13)10(14)6-16-4-8(2)12/h7-14H,3-6H2,1-2H3. The molecule has 0 bridgehead atoms. The van der Waals surface area contributed by atoms with E-state index in [2.05, 4.69) is 0 Å². The third-order valence-electron chi connectivity index (χ3n) is 1.74. The molecular formula is C10H22O6. The van der Waals surface area contributed by atoms with Crippen LogP contribution in [0.25, 0.3) is 0 Å². The summed E-state index contributed by atoms with van der Waals surface area (Å²) in [5.74, 6) is 0. The lowest BCUT2D eigenvalue weighted by molar-refractivity contribution is -0.0851. The summed E-state index contributed by atoms with van der Waals surface area (Å²) in [6.45, 7) is 3.22. The summed E-state index contributed by atoms with van der Waals surface area (Å²) in [5, 5.41) is 36.6. The predicted molar refractivity (Wildman–Crippen MR) is 57.0 cm³/mol. The van der Waals surface area contributed by atoms with Crippen LogP contribution in [0.1, 0.15) is 13.8 Å². The first-order valence-corrected chi connectivity index (χ1v) is 5.31. The van der Waals surface area contributed by atoms with E-state index >= 15 is 0 Å². The molecule has 0 aliphatic carbocycles. The number of ether oxygens (including phenoxy) is 2. The molecule has 0 saturated heterocycles. The highest BCUT2D eigenvalue weighted by Crippen LogP contribution is 1.97. The third kappa shape index (κ3) is 9.02. The maximum atomic E-state index is 9.40. The van der Waals surface area contributed by atoms with Crippen molar-refractivity contribution < 1.29 is 29.9 Å². The second-order valence-electron chi connectivity index (χ2n) is 3.91. The fourth-order valence-electron chi connectivity index (χ4n) is 0.941. The molecule has 0 rings (SSSR count). The van der Waals surface area contributed by atoms with E-state index in [9.17, 15) is 10.2 Å². The number of hydrogen-bond acceptors (Lipinski definition) is 6. The topological polar surface area (TPSA) is 99.4 Å². The van der Waals surface area contributed by atoms with Crippen LogP contribution < -0.4 is 0 Å². The molecule has 4 atom stereocenters. The molecule has 0 radical (unpaired) electrons. The fraction of sp³-hybridized carbons (Fsp3) is 1.00. The van der Waals surface area contributed by atoms with Gasteiger partial charge in [0.2, 0.25) is 0 Å². The van der Waals surface area contributed by atoms with E-state index in [1.807, 2.05) is 0 Å². The predicted octanol–water partition coefficient (Wildman–Crippen LogP) is -1.50. The Balaban J connectivity index is 3.52. The molecule has 6 nitrogen and oxygen atoms in total. The van der Waals surface area contributed by atoms with E-state index in [1.54, 1.807) is 13.8 Å². The largest absolute Gasteiger partial charge is 0.391 e. The minimum absolute atomic E-state index is 0.0654. The summed E-state index contributed by atoms with van der Waals surface area (Å²) in [7, 11) is 0. The second-order valence-corrected chi connectivity index (χ2v) is 3.91. The minimum Gasteiger partial charge on any atom is -0.391 e. The normalized spacial score (nSPS) is 19.1. The van der Waals surface area contributed by atoms with E-state index in [0.717, 1.165) is 0 Å². The Hall–Kier alpha value is -0.240. The highest BCUT2D eigenvalue weighted by molar-refractivity contribution is 4.66. The molecule has 0 aromatic rings. The van der Waals surface area contributed by atoms with Gasteiger partial charge >= 0.3 is 0 Å². The lowest BCUT2D eigenvalue weighted by atomic mass is 10.2. The van der Waals surface area contributed by atoms with Crippen molar-refractivity contribution in [1.29, 1.82) is 0 Å². The molecule has 4 unspecified atom stereocenters. The molecule has 0 amide bonds. The maximum absolute atomic E-state index is 9.40. The molecular weight excluding hydrogens is 216 g/mol. The molecule has 0 aromatic heterocycles. The summed E-state index contributed by atoms with van der Waals surface area (Å²) in [5.41, 5.74) is 0. The maximum Gasteiger partial charge on any atom is 0.105 e. The van der Waals surface area contributed by atoms with Gasteiger partial charge in [0, 0.05) is 0 Å². The zero-order valence-electron chi connectivity index (χ0n) is 9.74. The molecule has 4 N–H and O–H groups in total. The first kappa shape index (κ1) is 15.8. The van der Waals surface area contributed by atoms with Gasteiger partial charge in [-0.05, 0) is 13.8 Å². The van der Waals surface area contributed by atoms with Crippen molar-refractivity contribution in [2.75, 3.05) is 26.4 Å². The molecule has 0 aliphatic heterocycles. The molecule has 0 fully saturated rings. The second kappa shape index (κ2) is 8.86. The van der Waals surface area contributed by atoms with E-state index in [-0.39, 0.29) is 26.4 Å². The van der Waals surface area contributed by atoms with Gasteiger partial charge in [0.05, 0.1) is 38.6 Å². The molecule has 16 heavy (non-hydrogen) atoms. The Labute approximate surface area is 95.4 Å². The average molecular weight is 238 g/mol. The van der Waals surface area contributed by atoms with E-state index in [4.69, 9.17) is 19.7 Å². The summed E-state index contributed by atoms with van der Waals surface area (Å²) in [6, 6.07) is 0. The van der Waals surface area contributed by atoms with Crippen LogP contribution in [0, 0.1) is 0 Å². The van der Waals surface area contributed by atoms with Gasteiger partial charge in [-0.3, -0.25) is 0 Å².